The van der Waals surface area contributed by atoms with Gasteiger partial charge in [-0.25, -0.2) is 0 Å². The van der Waals surface area contributed by atoms with Crippen LogP contribution >= 0.6 is 11.8 Å². The maximum absolute atomic E-state index is 12.4. The molecule has 29 heavy (non-hydrogen) atoms. The summed E-state index contributed by atoms with van der Waals surface area (Å²) in [7, 11) is 0. The molecule has 1 aromatic carbocycles. The van der Waals surface area contributed by atoms with Gasteiger partial charge in [-0.1, -0.05) is 48.7 Å². The van der Waals surface area contributed by atoms with E-state index in [0.29, 0.717) is 12.2 Å². The Morgan fingerprint density at radius 2 is 2.00 bits per heavy atom. The van der Waals surface area contributed by atoms with Crippen LogP contribution in [0, 0.1) is 0 Å². The van der Waals surface area contributed by atoms with E-state index in [9.17, 15) is 27.9 Å². The van der Waals surface area contributed by atoms with E-state index in [-0.39, 0.29) is 23.3 Å². The standard InChI is InChI=1S/C20H20F3NO4S/c1-12(4-3-5-13(2)20(21,22)23)16(25)11-28-15-8-6-14(7-9-15)10-17-18(26)24-19(27)29-17/h3-9,16-17,25H,1,10-11H2,2H3,(H,24,26,27)/b4-3-,13-5+. The van der Waals surface area contributed by atoms with E-state index in [1.807, 2.05) is 0 Å². The largest absolute Gasteiger partial charge is 0.491 e. The number of rotatable bonds is 8. The highest BCUT2D eigenvalue weighted by Gasteiger charge is 2.31. The van der Waals surface area contributed by atoms with E-state index in [0.717, 1.165) is 30.3 Å². The second-order valence-electron chi connectivity index (χ2n) is 6.34. The van der Waals surface area contributed by atoms with E-state index >= 15 is 0 Å². The van der Waals surface area contributed by atoms with Crippen molar-refractivity contribution >= 4 is 22.9 Å². The number of thioether (sulfide) groups is 1. The number of halogens is 3. The zero-order valence-corrected chi connectivity index (χ0v) is 16.3. The molecular formula is C20H20F3NO4S. The lowest BCUT2D eigenvalue weighted by atomic mass is 10.1. The van der Waals surface area contributed by atoms with Crippen molar-refractivity contribution in [1.29, 1.82) is 0 Å². The molecule has 0 spiro atoms. The molecule has 5 nitrogen and oxygen atoms in total. The minimum atomic E-state index is -4.39. The summed E-state index contributed by atoms with van der Waals surface area (Å²) in [5, 5.41) is 11.4. The first-order valence-electron chi connectivity index (χ1n) is 8.58. The van der Waals surface area contributed by atoms with Crippen LogP contribution in [0.5, 0.6) is 5.75 Å². The van der Waals surface area contributed by atoms with Crippen LogP contribution in [0.3, 0.4) is 0 Å². The minimum absolute atomic E-state index is 0.125. The molecule has 1 heterocycles. The average Bonchev–Trinajstić information content (AvgIpc) is 2.96. The fourth-order valence-electron chi connectivity index (χ4n) is 2.27. The summed E-state index contributed by atoms with van der Waals surface area (Å²) in [5.74, 6) is 0.160. The second kappa shape index (κ2) is 9.80. The minimum Gasteiger partial charge on any atom is -0.491 e. The molecule has 0 radical (unpaired) electrons. The third-order valence-electron chi connectivity index (χ3n) is 4.05. The van der Waals surface area contributed by atoms with Gasteiger partial charge in [0.25, 0.3) is 5.24 Å². The Morgan fingerprint density at radius 1 is 1.34 bits per heavy atom. The van der Waals surface area contributed by atoms with Crippen LogP contribution in [0.4, 0.5) is 18.0 Å². The van der Waals surface area contributed by atoms with Gasteiger partial charge < -0.3 is 9.84 Å². The number of carbonyl (C=O) groups is 2. The zero-order chi connectivity index (χ0) is 21.6. The maximum Gasteiger partial charge on any atom is 0.412 e. The van der Waals surface area contributed by atoms with Crippen LogP contribution < -0.4 is 10.1 Å². The van der Waals surface area contributed by atoms with E-state index in [1.165, 1.54) is 12.2 Å². The molecule has 2 N–H and O–H groups in total. The predicted molar refractivity (Wildman–Crippen MR) is 105 cm³/mol. The monoisotopic (exact) mass is 427 g/mol. The topological polar surface area (TPSA) is 75.6 Å². The van der Waals surface area contributed by atoms with Crippen molar-refractivity contribution in [3.8, 4) is 5.75 Å². The normalized spacial score (nSPS) is 18.8. The molecule has 0 aromatic heterocycles. The molecule has 1 fully saturated rings. The Bertz CT molecular complexity index is 831. The van der Waals surface area contributed by atoms with Gasteiger partial charge in [-0.2, -0.15) is 13.2 Å². The van der Waals surface area contributed by atoms with Crippen molar-refractivity contribution in [2.75, 3.05) is 6.61 Å². The lowest BCUT2D eigenvalue weighted by molar-refractivity contribution is -0.118. The molecule has 1 aromatic rings. The highest BCUT2D eigenvalue weighted by Crippen LogP contribution is 2.25. The van der Waals surface area contributed by atoms with Gasteiger partial charge >= 0.3 is 6.18 Å². The Balaban J connectivity index is 1.82. The predicted octanol–water partition coefficient (Wildman–Crippen LogP) is 3.94. The Morgan fingerprint density at radius 3 is 2.55 bits per heavy atom. The number of hydrogen-bond donors (Lipinski definition) is 2. The number of aliphatic hydroxyl groups excluding tert-OH is 1. The number of alkyl halides is 3. The highest BCUT2D eigenvalue weighted by molar-refractivity contribution is 8.15. The summed E-state index contributed by atoms with van der Waals surface area (Å²) in [4.78, 5) is 22.8. The van der Waals surface area contributed by atoms with E-state index < -0.39 is 23.1 Å². The quantitative estimate of drug-likeness (QED) is 0.615. The summed E-state index contributed by atoms with van der Waals surface area (Å²) < 4.78 is 42.6. The third-order valence-corrected chi connectivity index (χ3v) is 5.03. The van der Waals surface area contributed by atoms with Gasteiger partial charge in [0.05, 0.1) is 5.25 Å². The Labute approximate surface area is 170 Å². The van der Waals surface area contributed by atoms with Crippen LogP contribution in [0.15, 0.2) is 60.2 Å². The first-order valence-corrected chi connectivity index (χ1v) is 9.46. The first kappa shape index (κ1) is 22.8. The van der Waals surface area contributed by atoms with Crippen molar-refractivity contribution in [1.82, 2.24) is 5.32 Å². The lowest BCUT2D eigenvalue weighted by Crippen LogP contribution is -2.25. The number of carbonyl (C=O) groups excluding carboxylic acids is 2. The average molecular weight is 427 g/mol. The summed E-state index contributed by atoms with van der Waals surface area (Å²) in [6.45, 7) is 4.44. The Kier molecular flexibility index (Phi) is 7.69. The molecule has 0 aliphatic carbocycles. The fourth-order valence-corrected chi connectivity index (χ4v) is 3.13. The molecule has 2 amide bonds. The van der Waals surface area contributed by atoms with Crippen LogP contribution in [-0.2, 0) is 11.2 Å². The second-order valence-corrected chi connectivity index (χ2v) is 7.52. The Hall–Kier alpha value is -2.52. The number of hydrogen-bond acceptors (Lipinski definition) is 5. The number of imide groups is 1. The zero-order valence-electron chi connectivity index (χ0n) is 15.5. The smallest absolute Gasteiger partial charge is 0.412 e. The van der Waals surface area contributed by atoms with E-state index in [4.69, 9.17) is 4.74 Å². The number of ether oxygens (including phenoxy) is 1. The molecule has 1 aliphatic heterocycles. The van der Waals surface area contributed by atoms with Gasteiger partial charge in [0, 0.05) is 5.57 Å². The van der Waals surface area contributed by atoms with E-state index in [2.05, 4.69) is 11.9 Å². The number of amides is 2. The van der Waals surface area contributed by atoms with Gasteiger partial charge in [0.15, 0.2) is 0 Å². The van der Waals surface area contributed by atoms with Crippen molar-refractivity contribution in [3.63, 3.8) is 0 Å². The molecule has 2 unspecified atom stereocenters. The molecule has 1 aliphatic rings. The molecule has 0 bridgehead atoms. The van der Waals surface area contributed by atoms with Gasteiger partial charge in [0.1, 0.15) is 18.5 Å². The fraction of sp³-hybridized carbons (Fsp3) is 0.300. The van der Waals surface area contributed by atoms with Crippen molar-refractivity contribution in [2.24, 2.45) is 0 Å². The van der Waals surface area contributed by atoms with Crippen molar-refractivity contribution in [2.45, 2.75) is 30.9 Å². The van der Waals surface area contributed by atoms with Crippen molar-refractivity contribution in [3.05, 3.63) is 65.8 Å². The van der Waals surface area contributed by atoms with Crippen molar-refractivity contribution < 1.29 is 32.6 Å². The molecular weight excluding hydrogens is 407 g/mol. The molecule has 0 saturated carbocycles. The van der Waals surface area contributed by atoms with Gasteiger partial charge in [-0.15, -0.1) is 0 Å². The first-order chi connectivity index (χ1) is 13.6. The SMILES string of the molecule is C=C(/C=C\C=C(/C)C(F)(F)F)C(O)COc1ccc(CC2SC(=O)NC2=O)cc1. The van der Waals surface area contributed by atoms with Crippen LogP contribution in [0.2, 0.25) is 0 Å². The number of benzene rings is 1. The third kappa shape index (κ3) is 7.10. The molecule has 1 saturated heterocycles. The summed E-state index contributed by atoms with van der Waals surface area (Å²) in [5.41, 5.74) is 0.298. The van der Waals surface area contributed by atoms with Gasteiger partial charge in [-0.3, -0.25) is 14.9 Å². The summed E-state index contributed by atoms with van der Waals surface area (Å²) in [6.07, 6.45) is -1.72. The summed E-state index contributed by atoms with van der Waals surface area (Å²) >= 11 is 0.953. The van der Waals surface area contributed by atoms with Crippen LogP contribution in [0.1, 0.15) is 12.5 Å². The van der Waals surface area contributed by atoms with Gasteiger partial charge in [-0.05, 0) is 36.6 Å². The van der Waals surface area contributed by atoms with Gasteiger partial charge in [0.2, 0.25) is 5.91 Å². The molecule has 2 atom stereocenters. The lowest BCUT2D eigenvalue weighted by Gasteiger charge is -2.13. The summed E-state index contributed by atoms with van der Waals surface area (Å²) in [6, 6.07) is 6.82. The maximum atomic E-state index is 12.4. The molecule has 9 heteroatoms. The molecule has 2 rings (SSSR count). The highest BCUT2D eigenvalue weighted by atomic mass is 32.2. The van der Waals surface area contributed by atoms with Crippen LogP contribution in [-0.4, -0.2) is 40.4 Å². The number of allylic oxidation sites excluding steroid dienone is 3. The van der Waals surface area contributed by atoms with Crippen LogP contribution in [0.25, 0.3) is 0 Å². The number of nitrogens with one attached hydrogen (secondary N) is 1. The number of aliphatic hydroxyl groups is 1. The molecule has 156 valence electrons. The van der Waals surface area contributed by atoms with E-state index in [1.54, 1.807) is 24.3 Å².